The average Bonchev–Trinajstić information content (AvgIpc) is 2.48. The smallest absolute Gasteiger partial charge is 0.245 e. The van der Waals surface area contributed by atoms with Crippen LogP contribution in [0.5, 0.6) is 5.75 Å². The maximum Gasteiger partial charge on any atom is 0.245 e. The summed E-state index contributed by atoms with van der Waals surface area (Å²) in [5.74, 6) is 1.06. The predicted octanol–water partition coefficient (Wildman–Crippen LogP) is 7.50. The molecule has 0 heterocycles. The lowest BCUT2D eigenvalue weighted by Crippen LogP contribution is -2.33. The molecule has 0 unspecified atom stereocenters. The quantitative estimate of drug-likeness (QED) is 0.268. The largest absolute Gasteiger partial charge is 0.544 e. The summed E-state index contributed by atoms with van der Waals surface area (Å²) in [6.07, 6.45) is 14.1. The molecule has 0 aliphatic heterocycles. The van der Waals surface area contributed by atoms with E-state index in [-0.39, 0.29) is 0 Å². The molecule has 0 bridgehead atoms. The third-order valence-corrected chi connectivity index (χ3v) is 6.86. The van der Waals surface area contributed by atoms with Crippen molar-refractivity contribution < 1.29 is 4.43 Å². The Kier molecular flexibility index (Phi) is 10.3. The van der Waals surface area contributed by atoms with Crippen LogP contribution in [0.2, 0.25) is 19.1 Å². The van der Waals surface area contributed by atoms with Gasteiger partial charge < -0.3 is 4.43 Å². The van der Waals surface area contributed by atoms with Crippen molar-refractivity contribution in [1.82, 2.24) is 0 Å². The van der Waals surface area contributed by atoms with Crippen molar-refractivity contribution in [3.05, 3.63) is 29.8 Å². The van der Waals surface area contributed by atoms with Gasteiger partial charge in [0.1, 0.15) is 5.75 Å². The van der Waals surface area contributed by atoms with Crippen molar-refractivity contribution >= 4 is 8.32 Å². The van der Waals surface area contributed by atoms with Crippen LogP contribution in [0.15, 0.2) is 24.3 Å². The molecule has 0 spiro atoms. The highest BCUT2D eigenvalue weighted by molar-refractivity contribution is 6.71. The lowest BCUT2D eigenvalue weighted by molar-refractivity contribution is 0.531. The van der Waals surface area contributed by atoms with E-state index in [1.807, 2.05) is 0 Å². The highest BCUT2D eigenvalue weighted by Gasteiger charge is 2.23. The molecule has 1 nitrogen and oxygen atoms in total. The van der Waals surface area contributed by atoms with Gasteiger partial charge in [-0.2, -0.15) is 0 Å². The number of benzene rings is 1. The van der Waals surface area contributed by atoms with Gasteiger partial charge in [-0.05, 0) is 43.8 Å². The molecule has 0 saturated heterocycles. The second kappa shape index (κ2) is 11.7. The van der Waals surface area contributed by atoms with E-state index in [1.54, 1.807) is 0 Å². The summed E-state index contributed by atoms with van der Waals surface area (Å²) in [7, 11) is -1.56. The summed E-state index contributed by atoms with van der Waals surface area (Å²) < 4.78 is 6.30. The van der Waals surface area contributed by atoms with Crippen LogP contribution in [-0.2, 0) is 0 Å². The zero-order valence-corrected chi connectivity index (χ0v) is 17.0. The molecule has 0 fully saturated rings. The molecule has 1 aromatic rings. The first-order valence-electron chi connectivity index (χ1n) is 9.79. The normalized spacial score (nSPS) is 11.7. The molecule has 0 amide bonds. The monoisotopic (exact) mass is 334 g/mol. The highest BCUT2D eigenvalue weighted by atomic mass is 28.4. The molecule has 1 aromatic carbocycles. The summed E-state index contributed by atoms with van der Waals surface area (Å²) in [5, 5.41) is 0. The zero-order valence-electron chi connectivity index (χ0n) is 16.0. The van der Waals surface area contributed by atoms with Gasteiger partial charge in [0.2, 0.25) is 8.32 Å². The van der Waals surface area contributed by atoms with Gasteiger partial charge in [0.15, 0.2) is 0 Å². The lowest BCUT2D eigenvalue weighted by Gasteiger charge is -2.24. The van der Waals surface area contributed by atoms with E-state index in [9.17, 15) is 0 Å². The summed E-state index contributed by atoms with van der Waals surface area (Å²) in [6, 6.07) is 9.75. The fourth-order valence-electron chi connectivity index (χ4n) is 3.09. The molecule has 0 saturated carbocycles. The Balaban J connectivity index is 2.05. The van der Waals surface area contributed by atoms with E-state index < -0.39 is 8.32 Å². The fraction of sp³-hybridized carbons (Fsp3) is 0.714. The molecule has 132 valence electrons. The second-order valence-electron chi connectivity index (χ2n) is 7.61. The van der Waals surface area contributed by atoms with Crippen LogP contribution in [0, 0.1) is 6.92 Å². The molecular formula is C21H38OSi. The van der Waals surface area contributed by atoms with Crippen LogP contribution in [0.1, 0.15) is 76.7 Å². The topological polar surface area (TPSA) is 9.23 Å². The Morgan fingerprint density at radius 2 is 1.39 bits per heavy atom. The Bertz CT molecular complexity index is 414. The molecule has 23 heavy (non-hydrogen) atoms. The van der Waals surface area contributed by atoms with E-state index in [1.165, 1.54) is 75.8 Å². The van der Waals surface area contributed by atoms with E-state index in [0.29, 0.717) is 0 Å². The molecule has 0 aliphatic rings. The number of rotatable bonds is 13. The van der Waals surface area contributed by atoms with Crippen molar-refractivity contribution in [2.75, 3.05) is 0 Å². The minimum absolute atomic E-state index is 1.06. The summed E-state index contributed by atoms with van der Waals surface area (Å²) in [5.41, 5.74) is 1.28. The highest BCUT2D eigenvalue weighted by Crippen LogP contribution is 2.22. The van der Waals surface area contributed by atoms with Crippen LogP contribution in [0.4, 0.5) is 0 Å². The molecule has 2 heteroatoms. The first-order chi connectivity index (χ1) is 11.0. The van der Waals surface area contributed by atoms with Crippen molar-refractivity contribution in [2.45, 2.75) is 97.2 Å². The predicted molar refractivity (Wildman–Crippen MR) is 106 cm³/mol. The van der Waals surface area contributed by atoms with Crippen molar-refractivity contribution in [3.63, 3.8) is 0 Å². The van der Waals surface area contributed by atoms with Crippen LogP contribution in [-0.4, -0.2) is 8.32 Å². The SMILES string of the molecule is CCCCCCCCCCCC[Si](C)(C)Oc1cccc(C)c1. The molecular weight excluding hydrogens is 296 g/mol. The molecule has 0 radical (unpaired) electrons. The van der Waals surface area contributed by atoms with Gasteiger partial charge in [0.05, 0.1) is 0 Å². The number of unbranched alkanes of at least 4 members (excludes halogenated alkanes) is 9. The Morgan fingerprint density at radius 3 is 1.96 bits per heavy atom. The first kappa shape index (κ1) is 20.3. The van der Waals surface area contributed by atoms with Gasteiger partial charge in [-0.25, -0.2) is 0 Å². The number of hydrogen-bond donors (Lipinski definition) is 0. The summed E-state index contributed by atoms with van der Waals surface area (Å²) >= 11 is 0. The maximum atomic E-state index is 6.30. The van der Waals surface area contributed by atoms with E-state index in [2.05, 4.69) is 51.2 Å². The Hall–Kier alpha value is -0.763. The molecule has 0 N–H and O–H groups in total. The maximum absolute atomic E-state index is 6.30. The first-order valence-corrected chi connectivity index (χ1v) is 12.9. The van der Waals surface area contributed by atoms with Crippen molar-refractivity contribution in [1.29, 1.82) is 0 Å². The Morgan fingerprint density at radius 1 is 0.826 bits per heavy atom. The van der Waals surface area contributed by atoms with Crippen molar-refractivity contribution in [3.8, 4) is 5.75 Å². The average molecular weight is 335 g/mol. The van der Waals surface area contributed by atoms with Crippen molar-refractivity contribution in [2.24, 2.45) is 0 Å². The second-order valence-corrected chi connectivity index (χ2v) is 11.8. The summed E-state index contributed by atoms with van der Waals surface area (Å²) in [4.78, 5) is 0. The van der Waals surface area contributed by atoms with Gasteiger partial charge in [-0.1, -0.05) is 83.3 Å². The van der Waals surface area contributed by atoms with E-state index in [4.69, 9.17) is 4.43 Å². The molecule has 1 rings (SSSR count). The van der Waals surface area contributed by atoms with Crippen LogP contribution in [0.25, 0.3) is 0 Å². The zero-order chi connectivity index (χ0) is 17.0. The fourth-order valence-corrected chi connectivity index (χ4v) is 5.06. The third kappa shape index (κ3) is 10.6. The van der Waals surface area contributed by atoms with Gasteiger partial charge in [0, 0.05) is 0 Å². The standard InChI is InChI=1S/C21H38OSi/c1-5-6-7-8-9-10-11-12-13-14-18-23(3,4)22-21-17-15-16-20(2)19-21/h15-17,19H,5-14,18H2,1-4H3. The van der Waals surface area contributed by atoms with Gasteiger partial charge in [-0.3, -0.25) is 0 Å². The lowest BCUT2D eigenvalue weighted by atomic mass is 10.1. The minimum atomic E-state index is -1.56. The number of hydrogen-bond acceptors (Lipinski definition) is 1. The minimum Gasteiger partial charge on any atom is -0.544 e. The molecule has 0 atom stereocenters. The van der Waals surface area contributed by atoms with E-state index >= 15 is 0 Å². The van der Waals surface area contributed by atoms with Crippen LogP contribution < -0.4 is 4.43 Å². The molecule has 0 aromatic heterocycles. The van der Waals surface area contributed by atoms with E-state index in [0.717, 1.165) is 5.75 Å². The van der Waals surface area contributed by atoms with Gasteiger partial charge in [-0.15, -0.1) is 0 Å². The summed E-state index contributed by atoms with van der Waals surface area (Å²) in [6.45, 7) is 9.11. The van der Waals surface area contributed by atoms with Gasteiger partial charge in [0.25, 0.3) is 0 Å². The molecule has 0 aliphatic carbocycles. The number of aryl methyl sites for hydroxylation is 1. The van der Waals surface area contributed by atoms with Gasteiger partial charge >= 0.3 is 0 Å². The Labute approximate surface area is 146 Å². The van der Waals surface area contributed by atoms with Crippen LogP contribution in [0.3, 0.4) is 0 Å². The third-order valence-electron chi connectivity index (χ3n) is 4.52. The van der Waals surface area contributed by atoms with Crippen LogP contribution >= 0.6 is 0 Å².